The second-order valence-corrected chi connectivity index (χ2v) is 7.91. The van der Waals surface area contributed by atoms with Gasteiger partial charge >= 0.3 is 0 Å². The Bertz CT molecular complexity index is 1120. The topological polar surface area (TPSA) is 71.3 Å². The molecule has 2 N–H and O–H groups in total. The van der Waals surface area contributed by atoms with Gasteiger partial charge in [-0.15, -0.1) is 0 Å². The Balaban J connectivity index is 1.71. The summed E-state index contributed by atoms with van der Waals surface area (Å²) in [5.74, 6) is -0.359. The van der Waals surface area contributed by atoms with E-state index < -0.39 is 5.91 Å². The number of nitrogens with one attached hydrogen (secondary N) is 2. The van der Waals surface area contributed by atoms with E-state index in [2.05, 4.69) is 10.6 Å². The Kier molecular flexibility index (Phi) is 7.55. The van der Waals surface area contributed by atoms with Crippen LogP contribution in [0.3, 0.4) is 0 Å². The fourth-order valence-electron chi connectivity index (χ4n) is 2.88. The summed E-state index contributed by atoms with van der Waals surface area (Å²) in [5.41, 5.74) is 3.49. The van der Waals surface area contributed by atoms with Crippen molar-refractivity contribution in [1.29, 1.82) is 0 Å². The molecule has 0 saturated heterocycles. The minimum absolute atomic E-state index is 0.0837. The van der Waals surface area contributed by atoms with E-state index in [9.17, 15) is 9.59 Å². The summed E-state index contributed by atoms with van der Waals surface area (Å²) in [7, 11) is 0. The largest absolute Gasteiger partial charge is 0.465 e. The molecule has 160 valence electrons. The number of halogens is 2. The van der Waals surface area contributed by atoms with Crippen molar-refractivity contribution in [3.8, 4) is 0 Å². The molecule has 2 aromatic carbocycles. The van der Waals surface area contributed by atoms with Gasteiger partial charge in [0.05, 0.1) is 6.26 Å². The highest BCUT2D eigenvalue weighted by molar-refractivity contribution is 6.35. The number of aryl methyl sites for hydroxylation is 2. The van der Waals surface area contributed by atoms with E-state index in [0.29, 0.717) is 34.3 Å². The van der Waals surface area contributed by atoms with Crippen LogP contribution in [0.25, 0.3) is 6.08 Å². The molecule has 0 radical (unpaired) electrons. The van der Waals surface area contributed by atoms with Crippen LogP contribution in [-0.4, -0.2) is 18.4 Å². The molecule has 0 spiro atoms. The van der Waals surface area contributed by atoms with Crippen molar-refractivity contribution >= 4 is 41.1 Å². The van der Waals surface area contributed by atoms with Gasteiger partial charge in [-0.05, 0) is 73.4 Å². The lowest BCUT2D eigenvalue weighted by Crippen LogP contribution is -2.35. The van der Waals surface area contributed by atoms with Gasteiger partial charge in [0, 0.05) is 28.2 Å². The SMILES string of the molecule is Cc1ccc(C(=O)NC(=Cc2ccco2)C(=O)NCCc2ccc(Cl)cc2Cl)cc1C. The standard InChI is InChI=1S/C24H22Cl2N2O3/c1-15-5-6-18(12-16(15)2)23(29)28-22(14-20-4-3-11-31-20)24(30)27-10-9-17-7-8-19(25)13-21(17)26/h3-8,11-14H,9-10H2,1-2H3,(H,27,30)(H,28,29). The van der Waals surface area contributed by atoms with Gasteiger partial charge in [0.1, 0.15) is 11.5 Å². The molecule has 3 rings (SSSR count). The molecular weight excluding hydrogens is 435 g/mol. The van der Waals surface area contributed by atoms with Crippen molar-refractivity contribution in [2.24, 2.45) is 0 Å². The lowest BCUT2D eigenvalue weighted by molar-refractivity contribution is -0.117. The summed E-state index contributed by atoms with van der Waals surface area (Å²) in [6, 6.07) is 14.0. The van der Waals surface area contributed by atoms with Crippen molar-refractivity contribution in [1.82, 2.24) is 10.6 Å². The third-order valence-corrected chi connectivity index (χ3v) is 5.37. The van der Waals surface area contributed by atoms with Crippen LogP contribution in [0.1, 0.15) is 32.8 Å². The normalized spacial score (nSPS) is 11.3. The first kappa shape index (κ1) is 22.7. The van der Waals surface area contributed by atoms with E-state index in [4.69, 9.17) is 27.6 Å². The first-order chi connectivity index (χ1) is 14.8. The average Bonchev–Trinajstić information content (AvgIpc) is 3.24. The molecule has 0 aliphatic carbocycles. The molecule has 2 amide bonds. The lowest BCUT2D eigenvalue weighted by atomic mass is 10.1. The average molecular weight is 457 g/mol. The maximum atomic E-state index is 12.8. The summed E-state index contributed by atoms with van der Waals surface area (Å²) in [4.78, 5) is 25.5. The molecule has 1 heterocycles. The van der Waals surface area contributed by atoms with Crippen molar-refractivity contribution in [2.75, 3.05) is 6.54 Å². The molecule has 0 bridgehead atoms. The number of carbonyl (C=O) groups excluding carboxylic acids is 2. The van der Waals surface area contributed by atoms with Crippen LogP contribution in [0.4, 0.5) is 0 Å². The van der Waals surface area contributed by atoms with Crippen molar-refractivity contribution in [3.63, 3.8) is 0 Å². The van der Waals surface area contributed by atoms with E-state index in [1.54, 1.807) is 36.4 Å². The minimum Gasteiger partial charge on any atom is -0.465 e. The summed E-state index contributed by atoms with van der Waals surface area (Å²) >= 11 is 12.1. The van der Waals surface area contributed by atoms with Crippen molar-refractivity contribution in [3.05, 3.63) is 98.6 Å². The number of amides is 2. The third kappa shape index (κ3) is 6.23. The highest BCUT2D eigenvalue weighted by atomic mass is 35.5. The molecule has 31 heavy (non-hydrogen) atoms. The van der Waals surface area contributed by atoms with Crippen molar-refractivity contribution in [2.45, 2.75) is 20.3 Å². The van der Waals surface area contributed by atoms with Crippen LogP contribution < -0.4 is 10.6 Å². The molecule has 0 atom stereocenters. The van der Waals surface area contributed by atoms with Gasteiger partial charge in [-0.2, -0.15) is 0 Å². The first-order valence-corrected chi connectivity index (χ1v) is 10.4. The quantitative estimate of drug-likeness (QED) is 0.471. The maximum absolute atomic E-state index is 12.8. The van der Waals surface area contributed by atoms with E-state index in [1.165, 1.54) is 12.3 Å². The van der Waals surface area contributed by atoms with Crippen LogP contribution >= 0.6 is 23.2 Å². The van der Waals surface area contributed by atoms with E-state index in [1.807, 2.05) is 26.0 Å². The molecule has 7 heteroatoms. The van der Waals surface area contributed by atoms with Crippen LogP contribution in [0.15, 0.2) is 64.9 Å². The van der Waals surface area contributed by atoms with Gasteiger partial charge in [-0.1, -0.05) is 35.3 Å². The predicted molar refractivity (Wildman–Crippen MR) is 123 cm³/mol. The number of hydrogen-bond donors (Lipinski definition) is 2. The maximum Gasteiger partial charge on any atom is 0.267 e. The molecular formula is C24H22Cl2N2O3. The van der Waals surface area contributed by atoms with E-state index in [-0.39, 0.29) is 11.6 Å². The van der Waals surface area contributed by atoms with E-state index >= 15 is 0 Å². The third-order valence-electron chi connectivity index (χ3n) is 4.79. The van der Waals surface area contributed by atoms with Crippen molar-refractivity contribution < 1.29 is 14.0 Å². The first-order valence-electron chi connectivity index (χ1n) is 9.69. The minimum atomic E-state index is -0.432. The second kappa shape index (κ2) is 10.3. The van der Waals surface area contributed by atoms with Gasteiger partial charge in [0.2, 0.25) is 0 Å². The number of furan rings is 1. The molecule has 0 fully saturated rings. The van der Waals surface area contributed by atoms with Crippen LogP contribution in [0, 0.1) is 13.8 Å². The van der Waals surface area contributed by atoms with Crippen LogP contribution in [0.2, 0.25) is 10.0 Å². The summed E-state index contributed by atoms with van der Waals surface area (Å²) in [6.07, 6.45) is 3.50. The summed E-state index contributed by atoms with van der Waals surface area (Å²) in [6.45, 7) is 4.23. The molecule has 1 aromatic heterocycles. The fourth-order valence-corrected chi connectivity index (χ4v) is 3.38. The Morgan fingerprint density at radius 2 is 1.84 bits per heavy atom. The molecule has 0 aliphatic heterocycles. The van der Waals surface area contributed by atoms with Crippen LogP contribution in [0.5, 0.6) is 0 Å². The Morgan fingerprint density at radius 1 is 1.03 bits per heavy atom. The van der Waals surface area contributed by atoms with Gasteiger partial charge in [-0.25, -0.2) is 0 Å². The zero-order valence-corrected chi connectivity index (χ0v) is 18.7. The number of benzene rings is 2. The number of hydrogen-bond acceptors (Lipinski definition) is 3. The monoisotopic (exact) mass is 456 g/mol. The smallest absolute Gasteiger partial charge is 0.267 e. The molecule has 3 aromatic rings. The zero-order valence-electron chi connectivity index (χ0n) is 17.2. The van der Waals surface area contributed by atoms with Gasteiger partial charge in [0.15, 0.2) is 0 Å². The fraction of sp³-hybridized carbons (Fsp3) is 0.167. The van der Waals surface area contributed by atoms with Gasteiger partial charge in [-0.3, -0.25) is 9.59 Å². The van der Waals surface area contributed by atoms with Gasteiger partial charge < -0.3 is 15.1 Å². The lowest BCUT2D eigenvalue weighted by Gasteiger charge is -2.12. The highest BCUT2D eigenvalue weighted by Gasteiger charge is 2.16. The number of carbonyl (C=O) groups is 2. The Labute approximate surface area is 191 Å². The zero-order chi connectivity index (χ0) is 22.4. The van der Waals surface area contributed by atoms with Crippen LogP contribution in [-0.2, 0) is 11.2 Å². The Hall–Kier alpha value is -3.02. The Morgan fingerprint density at radius 3 is 2.52 bits per heavy atom. The molecule has 0 aliphatic rings. The molecule has 0 unspecified atom stereocenters. The molecule has 5 nitrogen and oxygen atoms in total. The highest BCUT2D eigenvalue weighted by Crippen LogP contribution is 2.21. The summed E-state index contributed by atoms with van der Waals surface area (Å²) < 4.78 is 5.30. The second-order valence-electron chi connectivity index (χ2n) is 7.07. The van der Waals surface area contributed by atoms with E-state index in [0.717, 1.165) is 16.7 Å². The summed E-state index contributed by atoms with van der Waals surface area (Å²) in [5, 5.41) is 6.59. The predicted octanol–water partition coefficient (Wildman–Crippen LogP) is 5.33. The number of rotatable bonds is 7. The molecule has 0 saturated carbocycles. The van der Waals surface area contributed by atoms with Gasteiger partial charge in [0.25, 0.3) is 11.8 Å².